The first-order chi connectivity index (χ1) is 11.3. The summed E-state index contributed by atoms with van der Waals surface area (Å²) in [4.78, 5) is 0. The first-order valence-electron chi connectivity index (χ1n) is 8.97. The van der Waals surface area contributed by atoms with Gasteiger partial charge in [0.1, 0.15) is 0 Å². The van der Waals surface area contributed by atoms with Crippen LogP contribution < -0.4 is 5.32 Å². The lowest BCUT2D eigenvalue weighted by Gasteiger charge is -2.14. The smallest absolute Gasteiger partial charge is 0.0701 e. The Morgan fingerprint density at radius 1 is 0.565 bits per heavy atom. The van der Waals surface area contributed by atoms with E-state index in [-0.39, 0.29) is 0 Å². The molecule has 6 nitrogen and oxygen atoms in total. The monoisotopic (exact) mass is 335 g/mol. The number of nitrogens with one attached hydrogen (secondary N) is 1. The molecule has 0 aromatic carbocycles. The van der Waals surface area contributed by atoms with Crippen molar-refractivity contribution in [2.75, 3.05) is 72.6 Å². The maximum absolute atomic E-state index is 5.50. The summed E-state index contributed by atoms with van der Waals surface area (Å²) >= 11 is 0. The molecule has 0 aromatic heterocycles. The van der Waals surface area contributed by atoms with Gasteiger partial charge in [-0.2, -0.15) is 0 Å². The van der Waals surface area contributed by atoms with Gasteiger partial charge in [-0.25, -0.2) is 0 Å². The van der Waals surface area contributed by atoms with E-state index in [9.17, 15) is 0 Å². The number of ether oxygens (including phenoxy) is 5. The largest absolute Gasteiger partial charge is 0.379 e. The minimum atomic E-state index is 0.588. The highest BCUT2D eigenvalue weighted by molar-refractivity contribution is 4.61. The summed E-state index contributed by atoms with van der Waals surface area (Å²) in [7, 11) is 0. The highest BCUT2D eigenvalue weighted by atomic mass is 16.6. The topological polar surface area (TPSA) is 58.2 Å². The predicted octanol–water partition coefficient (Wildman–Crippen LogP) is 1.87. The second-order valence-corrected chi connectivity index (χ2v) is 5.11. The van der Waals surface area contributed by atoms with Gasteiger partial charge >= 0.3 is 0 Å². The maximum Gasteiger partial charge on any atom is 0.0701 e. The highest BCUT2D eigenvalue weighted by Gasteiger charge is 2.00. The van der Waals surface area contributed by atoms with E-state index in [0.29, 0.717) is 58.9 Å². The molecule has 23 heavy (non-hydrogen) atoms. The van der Waals surface area contributed by atoms with Crippen LogP contribution in [0.1, 0.15) is 33.6 Å². The minimum absolute atomic E-state index is 0.588. The predicted molar refractivity (Wildman–Crippen MR) is 92.1 cm³/mol. The van der Waals surface area contributed by atoms with Gasteiger partial charge in [0.25, 0.3) is 0 Å². The molecule has 0 unspecified atom stereocenters. The molecular weight excluding hydrogens is 298 g/mol. The second kappa shape index (κ2) is 19.8. The van der Waals surface area contributed by atoms with Gasteiger partial charge in [0.05, 0.1) is 59.5 Å². The molecule has 0 aliphatic rings. The molecule has 0 aliphatic heterocycles. The third-order valence-electron chi connectivity index (χ3n) is 3.36. The molecule has 0 aliphatic carbocycles. The van der Waals surface area contributed by atoms with E-state index >= 15 is 0 Å². The van der Waals surface area contributed by atoms with Crippen LogP contribution >= 0.6 is 0 Å². The zero-order valence-corrected chi connectivity index (χ0v) is 15.3. The minimum Gasteiger partial charge on any atom is -0.379 e. The molecule has 0 saturated heterocycles. The Hall–Kier alpha value is -0.240. The Balaban J connectivity index is 3.02. The first-order valence-corrected chi connectivity index (χ1v) is 8.97. The van der Waals surface area contributed by atoms with E-state index in [2.05, 4.69) is 19.2 Å². The molecule has 0 radical (unpaired) electrons. The molecule has 0 bridgehead atoms. The van der Waals surface area contributed by atoms with Gasteiger partial charge in [-0.05, 0) is 19.8 Å². The third kappa shape index (κ3) is 17.9. The molecule has 140 valence electrons. The van der Waals surface area contributed by atoms with Gasteiger partial charge in [0, 0.05) is 19.2 Å². The van der Waals surface area contributed by atoms with Crippen molar-refractivity contribution in [1.82, 2.24) is 5.32 Å². The molecule has 0 heterocycles. The SMILES string of the molecule is CCOCCOCCOCCOCCOCCNC(CC)CC. The molecule has 0 fully saturated rings. The lowest BCUT2D eigenvalue weighted by atomic mass is 10.2. The number of hydrogen-bond donors (Lipinski definition) is 1. The van der Waals surface area contributed by atoms with Crippen LogP contribution in [0.5, 0.6) is 0 Å². The van der Waals surface area contributed by atoms with E-state index in [1.165, 1.54) is 0 Å². The highest BCUT2D eigenvalue weighted by Crippen LogP contribution is 1.94. The average molecular weight is 335 g/mol. The van der Waals surface area contributed by atoms with Crippen LogP contribution in [0, 0.1) is 0 Å². The van der Waals surface area contributed by atoms with Crippen molar-refractivity contribution >= 4 is 0 Å². The maximum atomic E-state index is 5.50. The number of rotatable bonds is 19. The molecular formula is C17H37NO5. The van der Waals surface area contributed by atoms with Crippen molar-refractivity contribution in [3.8, 4) is 0 Å². The third-order valence-corrected chi connectivity index (χ3v) is 3.36. The van der Waals surface area contributed by atoms with Crippen molar-refractivity contribution in [2.45, 2.75) is 39.7 Å². The standard InChI is InChI=1S/C17H37NO5/c1-4-17(5-2)18-7-8-20-11-12-22-15-16-23-14-13-21-10-9-19-6-3/h17-18H,4-16H2,1-3H3. The molecule has 0 spiro atoms. The number of hydrogen-bond acceptors (Lipinski definition) is 6. The van der Waals surface area contributed by atoms with Crippen LogP contribution in [0.25, 0.3) is 0 Å². The normalized spacial score (nSPS) is 11.5. The fraction of sp³-hybridized carbons (Fsp3) is 1.00. The average Bonchev–Trinajstić information content (AvgIpc) is 2.58. The fourth-order valence-corrected chi connectivity index (χ4v) is 1.94. The summed E-state index contributed by atoms with van der Waals surface area (Å²) in [5.41, 5.74) is 0. The Bertz CT molecular complexity index is 215. The quantitative estimate of drug-likeness (QED) is 0.364. The summed E-state index contributed by atoms with van der Waals surface area (Å²) in [6.07, 6.45) is 2.33. The summed E-state index contributed by atoms with van der Waals surface area (Å²) < 4.78 is 26.8. The van der Waals surface area contributed by atoms with Gasteiger partial charge < -0.3 is 29.0 Å². The Morgan fingerprint density at radius 2 is 0.957 bits per heavy atom. The molecule has 6 heteroatoms. The summed E-state index contributed by atoms with van der Waals surface area (Å²) in [5, 5.41) is 3.46. The van der Waals surface area contributed by atoms with Crippen LogP contribution in [-0.4, -0.2) is 78.7 Å². The van der Waals surface area contributed by atoms with E-state index < -0.39 is 0 Å². The fourth-order valence-electron chi connectivity index (χ4n) is 1.94. The molecule has 0 atom stereocenters. The van der Waals surface area contributed by atoms with Crippen molar-refractivity contribution in [3.63, 3.8) is 0 Å². The summed E-state index contributed by atoms with van der Waals surface area (Å²) in [6, 6.07) is 0.607. The van der Waals surface area contributed by atoms with E-state index in [1.54, 1.807) is 0 Å². The van der Waals surface area contributed by atoms with Gasteiger partial charge in [-0.1, -0.05) is 13.8 Å². The lowest BCUT2D eigenvalue weighted by Crippen LogP contribution is -2.31. The summed E-state index contributed by atoms with van der Waals surface area (Å²) in [5.74, 6) is 0. The zero-order chi connectivity index (χ0) is 17.0. The van der Waals surface area contributed by atoms with Gasteiger partial charge in [0.2, 0.25) is 0 Å². The van der Waals surface area contributed by atoms with Gasteiger partial charge in [-0.15, -0.1) is 0 Å². The Kier molecular flexibility index (Phi) is 19.6. The zero-order valence-electron chi connectivity index (χ0n) is 15.3. The van der Waals surface area contributed by atoms with Crippen LogP contribution in [0.2, 0.25) is 0 Å². The summed E-state index contributed by atoms with van der Waals surface area (Å²) in [6.45, 7) is 13.6. The van der Waals surface area contributed by atoms with Crippen molar-refractivity contribution in [3.05, 3.63) is 0 Å². The first kappa shape index (κ1) is 22.8. The van der Waals surface area contributed by atoms with Gasteiger partial charge in [0.15, 0.2) is 0 Å². The van der Waals surface area contributed by atoms with Crippen LogP contribution in [0.15, 0.2) is 0 Å². The van der Waals surface area contributed by atoms with Crippen molar-refractivity contribution in [1.29, 1.82) is 0 Å². The Morgan fingerprint density at radius 3 is 1.35 bits per heavy atom. The lowest BCUT2D eigenvalue weighted by molar-refractivity contribution is -0.0100. The molecule has 0 aromatic rings. The van der Waals surface area contributed by atoms with E-state index in [0.717, 1.165) is 32.6 Å². The van der Waals surface area contributed by atoms with E-state index in [1.807, 2.05) is 6.92 Å². The molecule has 0 rings (SSSR count). The van der Waals surface area contributed by atoms with Crippen molar-refractivity contribution in [2.24, 2.45) is 0 Å². The van der Waals surface area contributed by atoms with Gasteiger partial charge in [-0.3, -0.25) is 0 Å². The van der Waals surface area contributed by atoms with Crippen LogP contribution in [0.3, 0.4) is 0 Å². The molecule has 1 N–H and O–H groups in total. The second-order valence-electron chi connectivity index (χ2n) is 5.11. The van der Waals surface area contributed by atoms with E-state index in [4.69, 9.17) is 23.7 Å². The van der Waals surface area contributed by atoms with Crippen LogP contribution in [-0.2, 0) is 23.7 Å². The van der Waals surface area contributed by atoms with Crippen LogP contribution in [0.4, 0.5) is 0 Å². The van der Waals surface area contributed by atoms with Crippen molar-refractivity contribution < 1.29 is 23.7 Å². The Labute approximate surface area is 142 Å². The molecule has 0 amide bonds. The molecule has 0 saturated carbocycles.